The van der Waals surface area contributed by atoms with Crippen molar-refractivity contribution in [2.45, 2.75) is 32.6 Å². The highest BCUT2D eigenvalue weighted by Gasteiger charge is 2.25. The van der Waals surface area contributed by atoms with E-state index in [1.54, 1.807) is 23.1 Å². The largest absolute Gasteiger partial charge is 0.368 e. The molecule has 0 bridgehead atoms. The van der Waals surface area contributed by atoms with Gasteiger partial charge in [0.15, 0.2) is 0 Å². The second kappa shape index (κ2) is 13.0. The summed E-state index contributed by atoms with van der Waals surface area (Å²) in [5.41, 5.74) is 3.82. The monoisotopic (exact) mass is 585 g/mol. The van der Waals surface area contributed by atoms with Crippen LogP contribution in [0.25, 0.3) is 0 Å². The zero-order valence-corrected chi connectivity index (χ0v) is 25.2. The number of piperazine rings is 1. The van der Waals surface area contributed by atoms with Crippen LogP contribution in [-0.4, -0.2) is 79.9 Å². The number of anilines is 2. The van der Waals surface area contributed by atoms with Crippen molar-refractivity contribution in [3.63, 3.8) is 0 Å². The van der Waals surface area contributed by atoms with Crippen molar-refractivity contribution < 1.29 is 18.8 Å². The average molecular weight is 586 g/mol. The molecule has 2 aliphatic rings. The predicted molar refractivity (Wildman–Crippen MR) is 167 cm³/mol. The van der Waals surface area contributed by atoms with E-state index in [9.17, 15) is 18.8 Å². The number of hydrogen-bond acceptors (Lipinski definition) is 5. The highest BCUT2D eigenvalue weighted by Crippen LogP contribution is 2.30. The van der Waals surface area contributed by atoms with Gasteiger partial charge in [-0.3, -0.25) is 14.4 Å². The summed E-state index contributed by atoms with van der Waals surface area (Å²) in [6.45, 7) is 11.3. The molecule has 3 amide bonds. The summed E-state index contributed by atoms with van der Waals surface area (Å²) in [4.78, 5) is 45.6. The van der Waals surface area contributed by atoms with E-state index in [-0.39, 0.29) is 23.1 Å². The van der Waals surface area contributed by atoms with E-state index < -0.39 is 5.82 Å². The first-order chi connectivity index (χ1) is 20.6. The summed E-state index contributed by atoms with van der Waals surface area (Å²) in [6.07, 6.45) is 0.699. The highest BCUT2D eigenvalue weighted by molar-refractivity contribution is 6.07. The van der Waals surface area contributed by atoms with E-state index in [0.717, 1.165) is 24.3 Å². The molecule has 0 radical (unpaired) electrons. The Kier molecular flexibility index (Phi) is 9.11. The first-order valence-corrected chi connectivity index (χ1v) is 15.0. The van der Waals surface area contributed by atoms with E-state index in [4.69, 9.17) is 0 Å². The van der Waals surface area contributed by atoms with Crippen LogP contribution in [0.2, 0.25) is 0 Å². The number of rotatable bonds is 5. The van der Waals surface area contributed by atoms with Crippen molar-refractivity contribution in [1.29, 1.82) is 0 Å². The van der Waals surface area contributed by atoms with Gasteiger partial charge in [-0.2, -0.15) is 0 Å². The topological polar surface area (TPSA) is 85.0 Å². The smallest absolute Gasteiger partial charge is 0.255 e. The van der Waals surface area contributed by atoms with Crippen LogP contribution >= 0.6 is 0 Å². The summed E-state index contributed by atoms with van der Waals surface area (Å²) >= 11 is 0. The molecule has 0 aromatic heterocycles. The van der Waals surface area contributed by atoms with Crippen molar-refractivity contribution in [2.75, 3.05) is 62.6 Å². The maximum Gasteiger partial charge on any atom is 0.255 e. The number of hydrogen-bond donors (Lipinski definition) is 2. The molecule has 0 atom stereocenters. The van der Waals surface area contributed by atoms with Gasteiger partial charge in [-0.1, -0.05) is 39.0 Å². The average Bonchev–Trinajstić information content (AvgIpc) is 3.27. The number of carbonyl (C=O) groups excluding carboxylic acids is 3. The number of halogens is 1. The Bertz CT molecular complexity index is 1480. The lowest BCUT2D eigenvalue weighted by molar-refractivity contribution is 0.0734. The summed E-state index contributed by atoms with van der Waals surface area (Å²) < 4.78 is 13.8. The molecule has 2 heterocycles. The van der Waals surface area contributed by atoms with Crippen molar-refractivity contribution >= 4 is 29.1 Å². The van der Waals surface area contributed by atoms with Crippen LogP contribution in [-0.2, 0) is 5.41 Å². The Morgan fingerprint density at radius 3 is 2.07 bits per heavy atom. The fourth-order valence-electron chi connectivity index (χ4n) is 5.58. The second-order valence-electron chi connectivity index (χ2n) is 12.2. The molecule has 2 N–H and O–H groups in total. The molecule has 3 aromatic carbocycles. The minimum atomic E-state index is -0.439. The molecule has 0 spiro atoms. The first-order valence-electron chi connectivity index (χ1n) is 15.0. The van der Waals surface area contributed by atoms with Crippen LogP contribution in [0, 0.1) is 5.82 Å². The van der Waals surface area contributed by atoms with E-state index in [1.807, 2.05) is 41.3 Å². The zero-order valence-electron chi connectivity index (χ0n) is 25.2. The molecule has 0 unspecified atom stereocenters. The van der Waals surface area contributed by atoms with E-state index in [1.165, 1.54) is 12.1 Å². The zero-order chi connectivity index (χ0) is 30.6. The van der Waals surface area contributed by atoms with Gasteiger partial charge < -0.3 is 25.3 Å². The SMILES string of the molecule is CC(C)(C)c1ccc(C(=O)Nc2cc(C(=O)N3CCNCC3)ccc2N2CCCN(C(=O)c3cccc(F)c3)CC2)cc1. The van der Waals surface area contributed by atoms with E-state index in [2.05, 4.69) is 36.3 Å². The Hall–Kier alpha value is -4.24. The lowest BCUT2D eigenvalue weighted by atomic mass is 9.86. The maximum atomic E-state index is 13.8. The fourth-order valence-corrected chi connectivity index (χ4v) is 5.58. The van der Waals surface area contributed by atoms with Gasteiger partial charge in [0.25, 0.3) is 17.7 Å². The predicted octanol–water partition coefficient (Wildman–Crippen LogP) is 4.77. The Morgan fingerprint density at radius 1 is 0.744 bits per heavy atom. The second-order valence-corrected chi connectivity index (χ2v) is 12.2. The molecule has 2 saturated heterocycles. The third kappa shape index (κ3) is 7.22. The molecule has 9 heteroatoms. The van der Waals surface area contributed by atoms with Gasteiger partial charge in [0.05, 0.1) is 11.4 Å². The lowest BCUT2D eigenvalue weighted by Crippen LogP contribution is -2.46. The first kappa shape index (κ1) is 30.2. The van der Waals surface area contributed by atoms with Gasteiger partial charge >= 0.3 is 0 Å². The van der Waals surface area contributed by atoms with Crippen LogP contribution in [0.4, 0.5) is 15.8 Å². The molecule has 0 saturated carbocycles. The molecule has 43 heavy (non-hydrogen) atoms. The Balaban J connectivity index is 1.39. The number of nitrogens with zero attached hydrogens (tertiary/aromatic N) is 3. The van der Waals surface area contributed by atoms with Crippen LogP contribution in [0.5, 0.6) is 0 Å². The van der Waals surface area contributed by atoms with Crippen molar-refractivity contribution in [3.05, 3.63) is 94.8 Å². The van der Waals surface area contributed by atoms with Crippen LogP contribution in [0.15, 0.2) is 66.7 Å². The molecule has 0 aliphatic carbocycles. The van der Waals surface area contributed by atoms with Gasteiger partial charge in [0.1, 0.15) is 5.82 Å². The molecule has 8 nitrogen and oxygen atoms in total. The van der Waals surface area contributed by atoms with Crippen molar-refractivity contribution in [2.24, 2.45) is 0 Å². The van der Waals surface area contributed by atoms with Crippen molar-refractivity contribution in [3.8, 4) is 0 Å². The highest BCUT2D eigenvalue weighted by atomic mass is 19.1. The van der Waals surface area contributed by atoms with Crippen molar-refractivity contribution in [1.82, 2.24) is 15.1 Å². The number of carbonyl (C=O) groups is 3. The molecular formula is C34H40FN5O3. The van der Waals surface area contributed by atoms with Crippen LogP contribution < -0.4 is 15.5 Å². The quantitative estimate of drug-likeness (QED) is 0.451. The number of benzene rings is 3. The maximum absolute atomic E-state index is 13.8. The summed E-state index contributed by atoms with van der Waals surface area (Å²) in [5.74, 6) is -0.969. The van der Waals surface area contributed by atoms with Gasteiger partial charge in [-0.25, -0.2) is 4.39 Å². The standard InChI is InChI=1S/C34H40FN5O3/c1-34(2,3)27-11-8-24(9-12-27)31(41)37-29-23-26(33(43)40-18-14-36-15-19-40)10-13-30(29)38-16-5-17-39(21-20-38)32(42)25-6-4-7-28(35)22-25/h4,6-13,22-23,36H,5,14-21H2,1-3H3,(H,37,41). The van der Waals surface area contributed by atoms with Crippen LogP contribution in [0.1, 0.15) is 63.8 Å². The summed E-state index contributed by atoms with van der Waals surface area (Å²) in [6, 6.07) is 18.8. The van der Waals surface area contributed by atoms with E-state index >= 15 is 0 Å². The normalized spacial score (nSPS) is 16.0. The molecule has 2 aliphatic heterocycles. The van der Waals surface area contributed by atoms with Crippen LogP contribution in [0.3, 0.4) is 0 Å². The Labute approximate surface area is 252 Å². The number of nitrogens with one attached hydrogen (secondary N) is 2. The Morgan fingerprint density at radius 2 is 1.40 bits per heavy atom. The molecular weight excluding hydrogens is 545 g/mol. The third-order valence-electron chi connectivity index (χ3n) is 8.10. The van der Waals surface area contributed by atoms with Gasteiger partial charge in [0.2, 0.25) is 0 Å². The molecule has 226 valence electrons. The van der Waals surface area contributed by atoms with Gasteiger partial charge in [0, 0.05) is 69.0 Å². The van der Waals surface area contributed by atoms with Gasteiger partial charge in [-0.05, 0) is 65.9 Å². The lowest BCUT2D eigenvalue weighted by Gasteiger charge is -2.29. The van der Waals surface area contributed by atoms with Gasteiger partial charge in [-0.15, -0.1) is 0 Å². The van der Waals surface area contributed by atoms with E-state index in [0.29, 0.717) is 68.1 Å². The minimum absolute atomic E-state index is 0.0302. The fraction of sp³-hybridized carbons (Fsp3) is 0.382. The molecule has 3 aromatic rings. The molecule has 5 rings (SSSR count). The third-order valence-corrected chi connectivity index (χ3v) is 8.10. The minimum Gasteiger partial charge on any atom is -0.368 e. The summed E-state index contributed by atoms with van der Waals surface area (Å²) in [5, 5.41) is 6.35. The number of amides is 3. The summed E-state index contributed by atoms with van der Waals surface area (Å²) in [7, 11) is 0. The molecule has 2 fully saturated rings.